The summed E-state index contributed by atoms with van der Waals surface area (Å²) in [6.07, 6.45) is 4.42. The molecular formula is C15H19N5O2. The standard InChI is InChI=1S/C15H19N5O2/c1-11(21)17-8-13-14-9-19(6-3-7-20(14)10-18-13)15(22)12-4-2-5-16-12/h2,4-5,10,16H,3,6-9H2,1H3,(H,17,21). The smallest absolute Gasteiger partial charge is 0.270 e. The topological polar surface area (TPSA) is 83.0 Å². The molecule has 1 aliphatic heterocycles. The van der Waals surface area contributed by atoms with E-state index in [1.165, 1.54) is 6.92 Å². The molecule has 7 heteroatoms. The molecule has 0 fully saturated rings. The largest absolute Gasteiger partial charge is 0.357 e. The Morgan fingerprint density at radius 3 is 3.00 bits per heavy atom. The maximum atomic E-state index is 12.5. The molecule has 2 N–H and O–H groups in total. The molecule has 0 atom stereocenters. The van der Waals surface area contributed by atoms with Crippen molar-refractivity contribution in [1.82, 2.24) is 24.8 Å². The van der Waals surface area contributed by atoms with Crippen molar-refractivity contribution < 1.29 is 9.59 Å². The minimum absolute atomic E-state index is 0.00914. The highest BCUT2D eigenvalue weighted by Crippen LogP contribution is 2.18. The van der Waals surface area contributed by atoms with Gasteiger partial charge in [-0.25, -0.2) is 4.98 Å². The Kier molecular flexibility index (Phi) is 3.95. The predicted octanol–water partition coefficient (Wildman–Crippen LogP) is 0.893. The number of fused-ring (bicyclic) bond motifs is 1. The number of carbonyl (C=O) groups is 2. The average molecular weight is 301 g/mol. The SMILES string of the molecule is CC(=O)NCc1ncn2c1CN(C(=O)c1ccc[nH]1)CCC2. The molecule has 7 nitrogen and oxygen atoms in total. The number of hydrogen-bond acceptors (Lipinski definition) is 3. The van der Waals surface area contributed by atoms with E-state index in [1.54, 1.807) is 18.6 Å². The minimum Gasteiger partial charge on any atom is -0.357 e. The van der Waals surface area contributed by atoms with E-state index < -0.39 is 0 Å². The summed E-state index contributed by atoms with van der Waals surface area (Å²) in [5, 5.41) is 2.77. The Balaban J connectivity index is 1.80. The number of carbonyl (C=O) groups excluding carboxylic acids is 2. The van der Waals surface area contributed by atoms with Crippen LogP contribution in [0.5, 0.6) is 0 Å². The van der Waals surface area contributed by atoms with Crippen LogP contribution in [-0.4, -0.2) is 37.8 Å². The quantitative estimate of drug-likeness (QED) is 0.883. The Bertz CT molecular complexity index is 674. The van der Waals surface area contributed by atoms with Crippen molar-refractivity contribution in [2.75, 3.05) is 6.54 Å². The molecule has 1 aliphatic rings. The predicted molar refractivity (Wildman–Crippen MR) is 79.9 cm³/mol. The third kappa shape index (κ3) is 2.88. The lowest BCUT2D eigenvalue weighted by Gasteiger charge is -2.20. The summed E-state index contributed by atoms with van der Waals surface area (Å²) in [5.74, 6) is -0.0974. The zero-order valence-corrected chi connectivity index (χ0v) is 12.5. The summed E-state index contributed by atoms with van der Waals surface area (Å²) in [6, 6.07) is 3.60. The van der Waals surface area contributed by atoms with Gasteiger partial charge in [0.15, 0.2) is 0 Å². The Labute approximate surface area is 128 Å². The van der Waals surface area contributed by atoms with E-state index in [1.807, 2.05) is 11.0 Å². The van der Waals surface area contributed by atoms with Crippen LogP contribution in [-0.2, 0) is 24.4 Å². The summed E-state index contributed by atoms with van der Waals surface area (Å²) in [6.45, 7) is 3.92. The van der Waals surface area contributed by atoms with E-state index in [0.29, 0.717) is 25.3 Å². The van der Waals surface area contributed by atoms with Gasteiger partial charge in [0.2, 0.25) is 5.91 Å². The number of imidazole rings is 1. The summed E-state index contributed by atoms with van der Waals surface area (Å²) in [5.41, 5.74) is 2.41. The molecule has 2 amide bonds. The molecule has 0 aromatic carbocycles. The van der Waals surface area contributed by atoms with Gasteiger partial charge in [0.1, 0.15) is 5.69 Å². The maximum Gasteiger partial charge on any atom is 0.270 e. The van der Waals surface area contributed by atoms with Crippen molar-refractivity contribution in [2.45, 2.75) is 33.0 Å². The number of aryl methyl sites for hydroxylation is 1. The lowest BCUT2D eigenvalue weighted by molar-refractivity contribution is -0.119. The van der Waals surface area contributed by atoms with Crippen LogP contribution in [0.3, 0.4) is 0 Å². The summed E-state index contributed by atoms with van der Waals surface area (Å²) in [4.78, 5) is 32.8. The fourth-order valence-electron chi connectivity index (χ4n) is 2.68. The zero-order valence-electron chi connectivity index (χ0n) is 12.5. The third-order valence-corrected chi connectivity index (χ3v) is 3.82. The van der Waals surface area contributed by atoms with Crippen LogP contribution in [0, 0.1) is 0 Å². The van der Waals surface area contributed by atoms with Gasteiger partial charge in [0.25, 0.3) is 5.91 Å². The lowest BCUT2D eigenvalue weighted by atomic mass is 10.2. The van der Waals surface area contributed by atoms with Crippen LogP contribution >= 0.6 is 0 Å². The molecule has 0 radical (unpaired) electrons. The van der Waals surface area contributed by atoms with Gasteiger partial charge in [-0.3, -0.25) is 9.59 Å². The Morgan fingerprint density at radius 1 is 1.41 bits per heavy atom. The Hall–Kier alpha value is -2.57. The summed E-state index contributed by atoms with van der Waals surface area (Å²) in [7, 11) is 0. The molecule has 0 aliphatic carbocycles. The van der Waals surface area contributed by atoms with Crippen LogP contribution in [0.15, 0.2) is 24.7 Å². The molecule has 0 unspecified atom stereocenters. The Morgan fingerprint density at radius 2 is 2.27 bits per heavy atom. The number of aromatic nitrogens is 3. The normalized spacial score (nSPS) is 14.3. The molecule has 0 bridgehead atoms. The number of rotatable bonds is 3. The van der Waals surface area contributed by atoms with Gasteiger partial charge >= 0.3 is 0 Å². The van der Waals surface area contributed by atoms with Gasteiger partial charge in [-0.05, 0) is 18.6 Å². The van der Waals surface area contributed by atoms with Gasteiger partial charge in [0.05, 0.1) is 30.8 Å². The van der Waals surface area contributed by atoms with Gasteiger partial charge < -0.3 is 19.8 Å². The third-order valence-electron chi connectivity index (χ3n) is 3.82. The molecule has 2 aromatic heterocycles. The van der Waals surface area contributed by atoms with Crippen LogP contribution in [0.2, 0.25) is 0 Å². The fraction of sp³-hybridized carbons (Fsp3) is 0.400. The van der Waals surface area contributed by atoms with Crippen molar-refractivity contribution in [1.29, 1.82) is 0 Å². The molecule has 116 valence electrons. The first-order valence-electron chi connectivity index (χ1n) is 7.35. The van der Waals surface area contributed by atoms with E-state index in [2.05, 4.69) is 19.9 Å². The molecule has 0 saturated heterocycles. The number of amides is 2. The molecule has 0 saturated carbocycles. The van der Waals surface area contributed by atoms with Crippen molar-refractivity contribution in [3.05, 3.63) is 41.7 Å². The van der Waals surface area contributed by atoms with Crippen LogP contribution < -0.4 is 5.32 Å². The monoisotopic (exact) mass is 301 g/mol. The average Bonchev–Trinajstić information content (AvgIpc) is 3.10. The number of H-pyrrole nitrogens is 1. The molecule has 3 heterocycles. The molecular weight excluding hydrogens is 282 g/mol. The molecule has 0 spiro atoms. The maximum absolute atomic E-state index is 12.5. The fourth-order valence-corrected chi connectivity index (χ4v) is 2.68. The second-order valence-corrected chi connectivity index (χ2v) is 5.41. The minimum atomic E-state index is -0.0882. The van der Waals surface area contributed by atoms with Crippen LogP contribution in [0.4, 0.5) is 0 Å². The molecule has 2 aromatic rings. The number of nitrogens with zero attached hydrogens (tertiary/aromatic N) is 3. The van der Waals surface area contributed by atoms with E-state index in [9.17, 15) is 9.59 Å². The highest BCUT2D eigenvalue weighted by Gasteiger charge is 2.23. The second-order valence-electron chi connectivity index (χ2n) is 5.41. The van der Waals surface area contributed by atoms with Crippen molar-refractivity contribution in [3.8, 4) is 0 Å². The molecule has 3 rings (SSSR count). The first kappa shape index (κ1) is 14.4. The van der Waals surface area contributed by atoms with Gasteiger partial charge in [-0.1, -0.05) is 0 Å². The van der Waals surface area contributed by atoms with E-state index in [4.69, 9.17) is 0 Å². The van der Waals surface area contributed by atoms with Crippen molar-refractivity contribution in [2.24, 2.45) is 0 Å². The highest BCUT2D eigenvalue weighted by atomic mass is 16.2. The number of nitrogens with one attached hydrogen (secondary N) is 2. The second kappa shape index (κ2) is 6.05. The molecule has 22 heavy (non-hydrogen) atoms. The van der Waals surface area contributed by atoms with Gasteiger partial charge in [0, 0.05) is 26.2 Å². The first-order valence-corrected chi connectivity index (χ1v) is 7.35. The first-order chi connectivity index (χ1) is 10.6. The van der Waals surface area contributed by atoms with Crippen molar-refractivity contribution in [3.63, 3.8) is 0 Å². The van der Waals surface area contributed by atoms with Gasteiger partial charge in [-0.2, -0.15) is 0 Å². The van der Waals surface area contributed by atoms with E-state index in [0.717, 1.165) is 24.4 Å². The van der Waals surface area contributed by atoms with Gasteiger partial charge in [-0.15, -0.1) is 0 Å². The number of aromatic amines is 1. The summed E-state index contributed by atoms with van der Waals surface area (Å²) < 4.78 is 2.07. The number of hydrogen-bond donors (Lipinski definition) is 2. The van der Waals surface area contributed by atoms with E-state index >= 15 is 0 Å². The van der Waals surface area contributed by atoms with Crippen LogP contribution in [0.25, 0.3) is 0 Å². The zero-order chi connectivity index (χ0) is 15.5. The lowest BCUT2D eigenvalue weighted by Crippen LogP contribution is -2.31. The van der Waals surface area contributed by atoms with Crippen molar-refractivity contribution >= 4 is 11.8 Å². The summed E-state index contributed by atoms with van der Waals surface area (Å²) >= 11 is 0. The van der Waals surface area contributed by atoms with Crippen LogP contribution in [0.1, 0.15) is 35.2 Å². The van der Waals surface area contributed by atoms with E-state index in [-0.39, 0.29) is 11.8 Å². The highest BCUT2D eigenvalue weighted by molar-refractivity contribution is 5.92.